The molecule has 0 unspecified atom stereocenters. The topological polar surface area (TPSA) is 55.2 Å². The summed E-state index contributed by atoms with van der Waals surface area (Å²) in [5, 5.41) is 9.28. The first kappa shape index (κ1) is 14.4. The van der Waals surface area contributed by atoms with E-state index in [-0.39, 0.29) is 0 Å². The highest BCUT2D eigenvalue weighted by Crippen LogP contribution is 2.03. The highest BCUT2D eigenvalue weighted by molar-refractivity contribution is 5.39. The maximum atomic E-state index is 9.86. The van der Waals surface area contributed by atoms with Gasteiger partial charge in [0.25, 0.3) is 0 Å². The number of nitro groups is 1. The van der Waals surface area contributed by atoms with Crippen LogP contribution >= 0.6 is 0 Å². The number of hydrogen-bond acceptors (Lipinski definition) is 2. The average Bonchev–Trinajstić information content (AvgIpc) is 2.28. The van der Waals surface area contributed by atoms with E-state index in [1.807, 2.05) is 5.43 Å². The molecule has 0 atom stereocenters. The fraction of sp³-hybridized carbons (Fsp3) is 0.500. The zero-order valence-electron chi connectivity index (χ0n) is 9.98. The first-order valence-corrected chi connectivity index (χ1v) is 5.66. The summed E-state index contributed by atoms with van der Waals surface area (Å²) in [6.07, 6.45) is 5.54. The lowest BCUT2D eigenvalue weighted by Crippen LogP contribution is -2.06. The monoisotopic (exact) mass is 224 g/mol. The Morgan fingerprint density at radius 3 is 2.00 bits per heavy atom. The Kier molecular flexibility index (Phi) is 8.97. The highest BCUT2D eigenvalue weighted by atomic mass is 16.7. The van der Waals surface area contributed by atoms with Crippen LogP contribution in [0, 0.1) is 10.1 Å². The fourth-order valence-electron chi connectivity index (χ4n) is 1.12. The molecule has 0 saturated heterocycles. The van der Waals surface area contributed by atoms with Gasteiger partial charge in [0.05, 0.1) is 0 Å². The fourth-order valence-corrected chi connectivity index (χ4v) is 1.12. The first-order chi connectivity index (χ1) is 7.70. The molecule has 16 heavy (non-hydrogen) atoms. The summed E-state index contributed by atoms with van der Waals surface area (Å²) in [6.45, 7) is 4.46. The van der Waals surface area contributed by atoms with Gasteiger partial charge in [-0.15, -0.1) is 5.43 Å². The van der Waals surface area contributed by atoms with Gasteiger partial charge in [-0.05, 0) is 12.1 Å². The minimum Gasteiger partial charge on any atom is -0.235 e. The zero-order chi connectivity index (χ0) is 12.2. The lowest BCUT2D eigenvalue weighted by molar-refractivity contribution is -0.445. The van der Waals surface area contributed by atoms with Gasteiger partial charge in [0, 0.05) is 0 Å². The van der Waals surface area contributed by atoms with Gasteiger partial charge in [0.15, 0.2) is 5.03 Å². The summed E-state index contributed by atoms with van der Waals surface area (Å²) in [6, 6.07) is 8.51. The quantitative estimate of drug-likeness (QED) is 0.469. The van der Waals surface area contributed by atoms with E-state index in [0.717, 1.165) is 0 Å². The number of nitrogens with zero attached hydrogens (tertiary/aromatic N) is 1. The SMILES string of the molecule is CCCCCC.O=[N+]([O-])Nc1ccccc1. The summed E-state index contributed by atoms with van der Waals surface area (Å²) < 4.78 is 0. The molecule has 1 aromatic rings. The molecule has 0 aromatic heterocycles. The third-order valence-corrected chi connectivity index (χ3v) is 1.95. The molecule has 0 saturated carbocycles. The molecule has 4 heteroatoms. The molecular weight excluding hydrogens is 204 g/mol. The Morgan fingerprint density at radius 2 is 1.62 bits per heavy atom. The summed E-state index contributed by atoms with van der Waals surface area (Å²) >= 11 is 0. The van der Waals surface area contributed by atoms with E-state index < -0.39 is 5.03 Å². The third kappa shape index (κ3) is 8.99. The van der Waals surface area contributed by atoms with Crippen LogP contribution in [0.1, 0.15) is 39.5 Å². The van der Waals surface area contributed by atoms with Crippen LogP contribution in [-0.2, 0) is 0 Å². The van der Waals surface area contributed by atoms with Crippen molar-refractivity contribution >= 4 is 5.69 Å². The lowest BCUT2D eigenvalue weighted by atomic mass is 10.2. The minimum absolute atomic E-state index is 0.493. The number of benzene rings is 1. The number of unbranched alkanes of at least 4 members (excludes halogenated alkanes) is 3. The van der Waals surface area contributed by atoms with Gasteiger partial charge in [-0.1, -0.05) is 57.7 Å². The molecule has 0 radical (unpaired) electrons. The predicted molar refractivity (Wildman–Crippen MR) is 66.9 cm³/mol. The zero-order valence-corrected chi connectivity index (χ0v) is 9.98. The first-order valence-electron chi connectivity index (χ1n) is 5.66. The maximum absolute atomic E-state index is 9.86. The van der Waals surface area contributed by atoms with Crippen LogP contribution in [0.4, 0.5) is 5.69 Å². The molecule has 90 valence electrons. The van der Waals surface area contributed by atoms with E-state index in [4.69, 9.17) is 0 Å². The largest absolute Gasteiger partial charge is 0.235 e. The Hall–Kier alpha value is -1.58. The number of rotatable bonds is 5. The van der Waals surface area contributed by atoms with Crippen LogP contribution in [0.5, 0.6) is 0 Å². The third-order valence-electron chi connectivity index (χ3n) is 1.95. The molecule has 1 aromatic carbocycles. The van der Waals surface area contributed by atoms with Crippen molar-refractivity contribution < 1.29 is 5.03 Å². The van der Waals surface area contributed by atoms with E-state index in [1.165, 1.54) is 25.7 Å². The Morgan fingerprint density at radius 1 is 1.12 bits per heavy atom. The van der Waals surface area contributed by atoms with Crippen molar-refractivity contribution in [3.05, 3.63) is 40.4 Å². The van der Waals surface area contributed by atoms with Gasteiger partial charge in [-0.25, -0.2) is 10.1 Å². The summed E-state index contributed by atoms with van der Waals surface area (Å²) in [7, 11) is 0. The van der Waals surface area contributed by atoms with Crippen LogP contribution in [0.15, 0.2) is 30.3 Å². The smallest absolute Gasteiger partial charge is 0.162 e. The Balaban J connectivity index is 0.000000325. The average molecular weight is 224 g/mol. The second-order valence-electron chi connectivity index (χ2n) is 3.44. The van der Waals surface area contributed by atoms with Crippen molar-refractivity contribution in [2.75, 3.05) is 5.43 Å². The molecule has 0 aliphatic rings. The number of para-hydroxylation sites is 1. The molecule has 0 spiro atoms. The Bertz CT molecular complexity index is 272. The van der Waals surface area contributed by atoms with Gasteiger partial charge >= 0.3 is 0 Å². The van der Waals surface area contributed by atoms with Gasteiger partial charge in [-0.3, -0.25) is 0 Å². The number of nitrogens with one attached hydrogen (secondary N) is 1. The molecule has 0 fully saturated rings. The molecule has 0 heterocycles. The van der Waals surface area contributed by atoms with Crippen LogP contribution < -0.4 is 5.43 Å². The van der Waals surface area contributed by atoms with E-state index in [1.54, 1.807) is 30.3 Å². The Labute approximate surface area is 96.8 Å². The molecule has 0 bridgehead atoms. The summed E-state index contributed by atoms with van der Waals surface area (Å²) in [4.78, 5) is 9.86. The van der Waals surface area contributed by atoms with Gasteiger partial charge in [-0.2, -0.15) is 0 Å². The van der Waals surface area contributed by atoms with E-state index in [2.05, 4.69) is 13.8 Å². The van der Waals surface area contributed by atoms with Crippen molar-refractivity contribution in [1.29, 1.82) is 0 Å². The van der Waals surface area contributed by atoms with Crippen LogP contribution in [0.3, 0.4) is 0 Å². The van der Waals surface area contributed by atoms with Crippen molar-refractivity contribution in [3.8, 4) is 0 Å². The second kappa shape index (κ2) is 9.96. The molecule has 1 N–H and O–H groups in total. The molecule has 0 aliphatic heterocycles. The van der Waals surface area contributed by atoms with Crippen LogP contribution in [0.2, 0.25) is 0 Å². The molecule has 0 aliphatic carbocycles. The molecule has 1 rings (SSSR count). The van der Waals surface area contributed by atoms with E-state index >= 15 is 0 Å². The van der Waals surface area contributed by atoms with Gasteiger partial charge in [0.2, 0.25) is 0 Å². The number of hydrogen-bond donors (Lipinski definition) is 1. The summed E-state index contributed by atoms with van der Waals surface area (Å²) in [5.41, 5.74) is 2.52. The second-order valence-corrected chi connectivity index (χ2v) is 3.44. The van der Waals surface area contributed by atoms with Crippen molar-refractivity contribution in [2.45, 2.75) is 39.5 Å². The van der Waals surface area contributed by atoms with Crippen LogP contribution in [0.25, 0.3) is 0 Å². The molecule has 0 amide bonds. The van der Waals surface area contributed by atoms with Gasteiger partial charge < -0.3 is 0 Å². The van der Waals surface area contributed by atoms with E-state index in [9.17, 15) is 10.1 Å². The minimum atomic E-state index is -0.588. The molecular formula is C12H20N2O2. The van der Waals surface area contributed by atoms with Crippen molar-refractivity contribution in [1.82, 2.24) is 0 Å². The van der Waals surface area contributed by atoms with Crippen molar-refractivity contribution in [2.24, 2.45) is 0 Å². The lowest BCUT2D eigenvalue weighted by Gasteiger charge is -1.93. The normalized spacial score (nSPS) is 8.88. The summed E-state index contributed by atoms with van der Waals surface area (Å²) in [5.74, 6) is 0. The molecule has 4 nitrogen and oxygen atoms in total. The standard InChI is InChI=1S/C6H6N2O2.C6H14/c9-8(10)7-6-4-2-1-3-5-6;1-3-5-6-4-2/h1-5,7H;3-6H2,1-2H3. The number of anilines is 1. The van der Waals surface area contributed by atoms with E-state index in [0.29, 0.717) is 5.69 Å². The number of hydrazine groups is 1. The van der Waals surface area contributed by atoms with Crippen molar-refractivity contribution in [3.63, 3.8) is 0 Å². The predicted octanol–water partition coefficient (Wildman–Crippen LogP) is 3.88. The highest BCUT2D eigenvalue weighted by Gasteiger charge is 1.93. The van der Waals surface area contributed by atoms with Crippen LogP contribution in [-0.4, -0.2) is 5.03 Å². The van der Waals surface area contributed by atoms with Gasteiger partial charge in [0.1, 0.15) is 5.69 Å². The maximum Gasteiger partial charge on any atom is 0.162 e.